The molecule has 0 radical (unpaired) electrons. The Labute approximate surface area is 102 Å². The molecule has 1 atom stereocenters. The molecular formula is C13H20N2O2. The van der Waals surface area contributed by atoms with Gasteiger partial charge in [0.1, 0.15) is 11.6 Å². The maximum atomic E-state index is 11.9. The Morgan fingerprint density at radius 3 is 3.24 bits per heavy atom. The summed E-state index contributed by atoms with van der Waals surface area (Å²) in [6.45, 7) is 4.62. The van der Waals surface area contributed by atoms with Gasteiger partial charge >= 0.3 is 0 Å². The Kier molecular flexibility index (Phi) is 4.31. The molecule has 0 N–H and O–H groups in total. The highest BCUT2D eigenvalue weighted by Gasteiger charge is 2.20. The number of aryl methyl sites for hydroxylation is 1. The molecule has 1 saturated heterocycles. The van der Waals surface area contributed by atoms with Gasteiger partial charge in [-0.3, -0.25) is 4.79 Å². The summed E-state index contributed by atoms with van der Waals surface area (Å²) < 4.78 is 7.35. The Hall–Kier alpha value is -1.16. The smallest absolute Gasteiger partial charge is 0.140 e. The molecule has 1 unspecified atom stereocenters. The second-order valence-electron chi connectivity index (χ2n) is 4.69. The quantitative estimate of drug-likeness (QED) is 0.757. The van der Waals surface area contributed by atoms with E-state index in [1.54, 1.807) is 6.20 Å². The lowest BCUT2D eigenvalue weighted by molar-refractivity contribution is -0.119. The van der Waals surface area contributed by atoms with Crippen molar-refractivity contribution in [1.82, 2.24) is 9.55 Å². The maximum absolute atomic E-state index is 11.9. The summed E-state index contributed by atoms with van der Waals surface area (Å²) >= 11 is 0. The van der Waals surface area contributed by atoms with Crippen LogP contribution in [0.15, 0.2) is 12.4 Å². The zero-order chi connectivity index (χ0) is 12.1. The van der Waals surface area contributed by atoms with E-state index in [1.165, 1.54) is 0 Å². The van der Waals surface area contributed by atoms with Crippen molar-refractivity contribution >= 4 is 5.78 Å². The maximum Gasteiger partial charge on any atom is 0.140 e. The van der Waals surface area contributed by atoms with Crippen LogP contribution in [0.5, 0.6) is 0 Å². The monoisotopic (exact) mass is 236 g/mol. The lowest BCUT2D eigenvalue weighted by Crippen LogP contribution is -2.14. The minimum absolute atomic E-state index is 0.282. The molecule has 2 heterocycles. The van der Waals surface area contributed by atoms with Crippen LogP contribution in [0.1, 0.15) is 32.0 Å². The number of imidazole rings is 1. The molecular weight excluding hydrogens is 216 g/mol. The van der Waals surface area contributed by atoms with E-state index < -0.39 is 0 Å². The minimum Gasteiger partial charge on any atom is -0.381 e. The summed E-state index contributed by atoms with van der Waals surface area (Å²) in [6, 6.07) is 0. The number of rotatable bonds is 6. The lowest BCUT2D eigenvalue weighted by Gasteiger charge is -2.08. The van der Waals surface area contributed by atoms with E-state index in [-0.39, 0.29) is 5.78 Å². The first-order chi connectivity index (χ1) is 8.29. The van der Waals surface area contributed by atoms with Gasteiger partial charge in [-0.1, -0.05) is 6.92 Å². The molecule has 17 heavy (non-hydrogen) atoms. The standard InChI is InChI=1S/C13H20N2O2/c1-2-5-15-6-4-14-13(15)9-12(16)8-11-3-7-17-10-11/h4,6,11H,2-3,5,7-10H2,1H3. The molecule has 1 aromatic heterocycles. The van der Waals surface area contributed by atoms with Crippen LogP contribution in [0.4, 0.5) is 0 Å². The second-order valence-corrected chi connectivity index (χ2v) is 4.69. The van der Waals surface area contributed by atoms with Gasteiger partial charge in [0.2, 0.25) is 0 Å². The molecule has 1 aliphatic heterocycles. The lowest BCUT2D eigenvalue weighted by atomic mass is 10.0. The fourth-order valence-corrected chi connectivity index (χ4v) is 2.27. The third kappa shape index (κ3) is 3.40. The number of hydrogen-bond donors (Lipinski definition) is 0. The zero-order valence-corrected chi connectivity index (χ0v) is 10.4. The van der Waals surface area contributed by atoms with E-state index in [0.29, 0.717) is 18.8 Å². The molecule has 4 nitrogen and oxygen atoms in total. The van der Waals surface area contributed by atoms with E-state index in [4.69, 9.17) is 4.74 Å². The predicted molar refractivity (Wildman–Crippen MR) is 64.8 cm³/mol. The molecule has 0 spiro atoms. The highest BCUT2D eigenvalue weighted by molar-refractivity contribution is 5.80. The number of carbonyl (C=O) groups is 1. The van der Waals surface area contributed by atoms with Crippen molar-refractivity contribution in [1.29, 1.82) is 0 Å². The SMILES string of the molecule is CCCn1ccnc1CC(=O)CC1CCOC1. The van der Waals surface area contributed by atoms with Crippen LogP contribution in [0.3, 0.4) is 0 Å². The Balaban J connectivity index is 1.86. The number of ketones is 1. The van der Waals surface area contributed by atoms with Crippen LogP contribution in [0.25, 0.3) is 0 Å². The fourth-order valence-electron chi connectivity index (χ4n) is 2.27. The van der Waals surface area contributed by atoms with Crippen molar-refractivity contribution in [3.63, 3.8) is 0 Å². The minimum atomic E-state index is 0.282. The summed E-state index contributed by atoms with van der Waals surface area (Å²) in [6.07, 6.45) is 6.91. The van der Waals surface area contributed by atoms with Gasteiger partial charge in [0, 0.05) is 38.6 Å². The summed E-state index contributed by atoms with van der Waals surface area (Å²) in [4.78, 5) is 16.2. The van der Waals surface area contributed by atoms with Gasteiger partial charge in [-0.25, -0.2) is 4.98 Å². The van der Waals surface area contributed by atoms with Crippen LogP contribution in [-0.2, 0) is 22.5 Å². The average Bonchev–Trinajstić information content (AvgIpc) is 2.92. The molecule has 4 heteroatoms. The largest absolute Gasteiger partial charge is 0.381 e. The van der Waals surface area contributed by atoms with E-state index in [2.05, 4.69) is 16.5 Å². The molecule has 0 amide bonds. The third-order valence-electron chi connectivity index (χ3n) is 3.16. The average molecular weight is 236 g/mol. The first kappa shape index (κ1) is 12.3. The second kappa shape index (κ2) is 5.96. The number of nitrogens with zero attached hydrogens (tertiary/aromatic N) is 2. The fraction of sp³-hybridized carbons (Fsp3) is 0.692. The van der Waals surface area contributed by atoms with Crippen LogP contribution in [-0.4, -0.2) is 28.5 Å². The van der Waals surface area contributed by atoms with Crippen LogP contribution in [0.2, 0.25) is 0 Å². The van der Waals surface area contributed by atoms with E-state index in [0.717, 1.165) is 38.4 Å². The highest BCUT2D eigenvalue weighted by atomic mass is 16.5. The first-order valence-electron chi connectivity index (χ1n) is 6.39. The van der Waals surface area contributed by atoms with Gasteiger partial charge in [0.15, 0.2) is 0 Å². The van der Waals surface area contributed by atoms with Crippen molar-refractivity contribution in [3.05, 3.63) is 18.2 Å². The van der Waals surface area contributed by atoms with Gasteiger partial charge < -0.3 is 9.30 Å². The number of aromatic nitrogens is 2. The van der Waals surface area contributed by atoms with Crippen molar-refractivity contribution in [2.75, 3.05) is 13.2 Å². The van der Waals surface area contributed by atoms with Gasteiger partial charge in [-0.05, 0) is 18.8 Å². The Morgan fingerprint density at radius 1 is 1.65 bits per heavy atom. The molecule has 0 aliphatic carbocycles. The van der Waals surface area contributed by atoms with Crippen LogP contribution < -0.4 is 0 Å². The van der Waals surface area contributed by atoms with Gasteiger partial charge in [0.25, 0.3) is 0 Å². The third-order valence-corrected chi connectivity index (χ3v) is 3.16. The van der Waals surface area contributed by atoms with Crippen molar-refractivity contribution in [2.24, 2.45) is 5.92 Å². The van der Waals surface area contributed by atoms with Gasteiger partial charge in [-0.15, -0.1) is 0 Å². The molecule has 94 valence electrons. The first-order valence-corrected chi connectivity index (χ1v) is 6.39. The van der Waals surface area contributed by atoms with E-state index in [1.807, 2.05) is 6.20 Å². The number of ether oxygens (including phenoxy) is 1. The molecule has 1 aromatic rings. The van der Waals surface area contributed by atoms with Crippen LogP contribution in [0, 0.1) is 5.92 Å². The number of Topliss-reactive ketones (excluding diaryl/α,β-unsaturated/α-hetero) is 1. The van der Waals surface area contributed by atoms with Crippen molar-refractivity contribution < 1.29 is 9.53 Å². The molecule has 2 rings (SSSR count). The van der Waals surface area contributed by atoms with Crippen molar-refractivity contribution in [2.45, 2.75) is 39.2 Å². The number of carbonyl (C=O) groups excluding carboxylic acids is 1. The summed E-state index contributed by atoms with van der Waals surface area (Å²) in [5, 5.41) is 0. The Bertz CT molecular complexity index is 367. The normalized spacial score (nSPS) is 19.7. The van der Waals surface area contributed by atoms with Gasteiger partial charge in [-0.2, -0.15) is 0 Å². The predicted octanol–water partition coefficient (Wildman–Crippen LogP) is 1.83. The van der Waals surface area contributed by atoms with E-state index in [9.17, 15) is 4.79 Å². The van der Waals surface area contributed by atoms with Crippen molar-refractivity contribution in [3.8, 4) is 0 Å². The molecule has 1 fully saturated rings. The molecule has 1 aliphatic rings. The summed E-state index contributed by atoms with van der Waals surface area (Å²) in [7, 11) is 0. The Morgan fingerprint density at radius 2 is 2.53 bits per heavy atom. The summed E-state index contributed by atoms with van der Waals surface area (Å²) in [5.74, 6) is 1.61. The topological polar surface area (TPSA) is 44.1 Å². The zero-order valence-electron chi connectivity index (χ0n) is 10.4. The highest BCUT2D eigenvalue weighted by Crippen LogP contribution is 2.17. The summed E-state index contributed by atoms with van der Waals surface area (Å²) in [5.41, 5.74) is 0. The number of hydrogen-bond acceptors (Lipinski definition) is 3. The van der Waals surface area contributed by atoms with Gasteiger partial charge in [0.05, 0.1) is 6.42 Å². The van der Waals surface area contributed by atoms with Crippen LogP contribution >= 0.6 is 0 Å². The van der Waals surface area contributed by atoms with E-state index >= 15 is 0 Å². The molecule has 0 aromatic carbocycles. The molecule has 0 bridgehead atoms. The molecule has 0 saturated carbocycles.